The number of esters is 1. The zero-order valence-corrected chi connectivity index (χ0v) is 18.7. The van der Waals surface area contributed by atoms with Gasteiger partial charge in [0.15, 0.2) is 11.5 Å². The van der Waals surface area contributed by atoms with Gasteiger partial charge in [-0.1, -0.05) is 36.4 Å². The average Bonchev–Trinajstić information content (AvgIpc) is 3.36. The lowest BCUT2D eigenvalue weighted by Gasteiger charge is -2.09. The number of hydrogen-bond acceptors (Lipinski definition) is 7. The monoisotopic (exact) mass is 471 g/mol. The molecule has 0 unspecified atom stereocenters. The second-order valence-corrected chi connectivity index (χ2v) is 7.30. The van der Waals surface area contributed by atoms with Crippen LogP contribution in [0.3, 0.4) is 0 Å². The SMILES string of the molecule is COC(=O)c1ccc(C=NNC(=O)/C(=C\c2ccc3c(c2)OCO3)NC(=O)c2ccccc2)cc1. The molecule has 0 saturated heterocycles. The number of amides is 2. The fraction of sp³-hybridized carbons (Fsp3) is 0.0769. The molecule has 9 heteroatoms. The van der Waals surface area contributed by atoms with Gasteiger partial charge in [0.05, 0.1) is 18.9 Å². The van der Waals surface area contributed by atoms with Crippen LogP contribution >= 0.6 is 0 Å². The lowest BCUT2D eigenvalue weighted by molar-refractivity contribution is -0.117. The number of hydrazone groups is 1. The van der Waals surface area contributed by atoms with Crippen LogP contribution in [0.5, 0.6) is 11.5 Å². The van der Waals surface area contributed by atoms with Gasteiger partial charge in [0.1, 0.15) is 5.70 Å². The summed E-state index contributed by atoms with van der Waals surface area (Å²) in [7, 11) is 1.30. The van der Waals surface area contributed by atoms with E-state index in [9.17, 15) is 14.4 Å². The smallest absolute Gasteiger partial charge is 0.337 e. The van der Waals surface area contributed by atoms with E-state index in [1.165, 1.54) is 19.4 Å². The Hall–Kier alpha value is -4.92. The fourth-order valence-corrected chi connectivity index (χ4v) is 3.16. The summed E-state index contributed by atoms with van der Waals surface area (Å²) in [6, 6.07) is 20.2. The Morgan fingerprint density at radius 2 is 1.60 bits per heavy atom. The van der Waals surface area contributed by atoms with Crippen molar-refractivity contribution in [3.8, 4) is 11.5 Å². The van der Waals surface area contributed by atoms with Crippen molar-refractivity contribution in [1.82, 2.24) is 10.7 Å². The van der Waals surface area contributed by atoms with Gasteiger partial charge in [-0.25, -0.2) is 10.2 Å². The minimum atomic E-state index is -0.630. The molecule has 176 valence electrons. The number of hydrogen-bond donors (Lipinski definition) is 2. The zero-order chi connectivity index (χ0) is 24.6. The number of carbonyl (C=O) groups excluding carboxylic acids is 3. The summed E-state index contributed by atoms with van der Waals surface area (Å²) in [6.07, 6.45) is 2.93. The van der Waals surface area contributed by atoms with E-state index >= 15 is 0 Å². The Morgan fingerprint density at radius 1 is 0.886 bits per heavy atom. The predicted molar refractivity (Wildman–Crippen MR) is 128 cm³/mol. The first-order chi connectivity index (χ1) is 17.0. The fourth-order valence-electron chi connectivity index (χ4n) is 3.16. The third kappa shape index (κ3) is 5.91. The van der Waals surface area contributed by atoms with Crippen molar-refractivity contribution in [1.29, 1.82) is 0 Å². The first kappa shape index (κ1) is 23.2. The number of nitrogens with one attached hydrogen (secondary N) is 2. The zero-order valence-electron chi connectivity index (χ0n) is 18.7. The lowest BCUT2D eigenvalue weighted by Crippen LogP contribution is -2.32. The molecular weight excluding hydrogens is 450 g/mol. The number of rotatable bonds is 7. The van der Waals surface area contributed by atoms with Crippen LogP contribution in [0.15, 0.2) is 83.6 Å². The topological polar surface area (TPSA) is 115 Å². The summed E-state index contributed by atoms with van der Waals surface area (Å²) < 4.78 is 15.4. The van der Waals surface area contributed by atoms with Crippen molar-refractivity contribution < 1.29 is 28.6 Å². The number of carbonyl (C=O) groups is 3. The summed E-state index contributed by atoms with van der Waals surface area (Å²) in [6.45, 7) is 0.121. The molecule has 0 spiro atoms. The van der Waals surface area contributed by atoms with Crippen molar-refractivity contribution in [3.63, 3.8) is 0 Å². The van der Waals surface area contributed by atoms with E-state index in [0.29, 0.717) is 33.8 Å². The molecule has 1 aliphatic rings. The van der Waals surface area contributed by atoms with E-state index in [1.807, 2.05) is 0 Å². The van der Waals surface area contributed by atoms with E-state index in [-0.39, 0.29) is 12.5 Å². The van der Waals surface area contributed by atoms with Crippen molar-refractivity contribution in [2.24, 2.45) is 5.10 Å². The molecular formula is C26H21N3O6. The standard InChI is InChI=1S/C26H21N3O6/c1-33-26(32)20-10-7-17(8-11-20)15-27-29-25(31)21(28-24(30)19-5-3-2-4-6-19)13-18-9-12-22-23(14-18)35-16-34-22/h2-15H,16H2,1H3,(H,28,30)(H,29,31)/b21-13+,27-15?. The molecule has 2 N–H and O–H groups in total. The van der Waals surface area contributed by atoms with E-state index < -0.39 is 17.8 Å². The molecule has 0 radical (unpaired) electrons. The van der Waals surface area contributed by atoms with Crippen LogP contribution in [0.2, 0.25) is 0 Å². The highest BCUT2D eigenvalue weighted by Gasteiger charge is 2.17. The molecule has 3 aromatic carbocycles. The summed E-state index contributed by atoms with van der Waals surface area (Å²) in [5.74, 6) is -0.385. The Bertz CT molecular complexity index is 1300. The Balaban J connectivity index is 1.52. The van der Waals surface area contributed by atoms with Gasteiger partial charge >= 0.3 is 5.97 Å². The highest BCUT2D eigenvalue weighted by molar-refractivity contribution is 6.05. The van der Waals surface area contributed by atoms with Gasteiger partial charge in [0, 0.05) is 5.56 Å². The van der Waals surface area contributed by atoms with Crippen LogP contribution in [0.4, 0.5) is 0 Å². The summed E-state index contributed by atoms with van der Waals surface area (Å²) >= 11 is 0. The van der Waals surface area contributed by atoms with Crippen LogP contribution < -0.4 is 20.2 Å². The Kier molecular flexibility index (Phi) is 7.17. The Labute approximate surface area is 201 Å². The van der Waals surface area contributed by atoms with Crippen LogP contribution in [0, 0.1) is 0 Å². The lowest BCUT2D eigenvalue weighted by atomic mass is 10.1. The second-order valence-electron chi connectivity index (χ2n) is 7.30. The van der Waals surface area contributed by atoms with Gasteiger partial charge < -0.3 is 19.5 Å². The molecule has 0 fully saturated rings. The van der Waals surface area contributed by atoms with Crippen molar-refractivity contribution in [2.45, 2.75) is 0 Å². The molecule has 1 aliphatic heterocycles. The van der Waals surface area contributed by atoms with Gasteiger partial charge in [0.2, 0.25) is 6.79 Å². The highest BCUT2D eigenvalue weighted by Crippen LogP contribution is 2.33. The number of fused-ring (bicyclic) bond motifs is 1. The van der Waals surface area contributed by atoms with Crippen LogP contribution in [-0.4, -0.2) is 37.9 Å². The molecule has 0 bridgehead atoms. The van der Waals surface area contributed by atoms with E-state index in [1.54, 1.807) is 72.8 Å². The molecule has 0 saturated carbocycles. The van der Waals surface area contributed by atoms with Gasteiger partial charge in [-0.3, -0.25) is 9.59 Å². The maximum absolute atomic E-state index is 12.9. The molecule has 1 heterocycles. The number of nitrogens with zero attached hydrogens (tertiary/aromatic N) is 1. The molecule has 0 aliphatic carbocycles. The number of methoxy groups -OCH3 is 1. The molecule has 3 aromatic rings. The summed E-state index contributed by atoms with van der Waals surface area (Å²) in [4.78, 5) is 37.1. The predicted octanol–water partition coefficient (Wildman–Crippen LogP) is 3.12. The van der Waals surface area contributed by atoms with Gasteiger partial charge in [-0.2, -0.15) is 5.10 Å². The normalized spacial score (nSPS) is 12.3. The first-order valence-corrected chi connectivity index (χ1v) is 10.5. The minimum absolute atomic E-state index is 0.0177. The first-order valence-electron chi connectivity index (χ1n) is 10.5. The second kappa shape index (κ2) is 10.8. The van der Waals surface area contributed by atoms with Crippen molar-refractivity contribution >= 4 is 30.1 Å². The van der Waals surface area contributed by atoms with Gasteiger partial charge in [-0.05, 0) is 53.6 Å². The maximum Gasteiger partial charge on any atom is 0.337 e. The van der Waals surface area contributed by atoms with Crippen LogP contribution in [0.1, 0.15) is 31.8 Å². The number of benzene rings is 3. The van der Waals surface area contributed by atoms with Crippen molar-refractivity contribution in [2.75, 3.05) is 13.9 Å². The molecule has 35 heavy (non-hydrogen) atoms. The summed E-state index contributed by atoms with van der Waals surface area (Å²) in [5.41, 5.74) is 4.45. The number of ether oxygens (including phenoxy) is 3. The third-order valence-electron chi connectivity index (χ3n) is 4.95. The minimum Gasteiger partial charge on any atom is -0.465 e. The Morgan fingerprint density at radius 3 is 2.34 bits per heavy atom. The molecule has 0 aromatic heterocycles. The largest absolute Gasteiger partial charge is 0.465 e. The van der Waals surface area contributed by atoms with E-state index in [2.05, 4.69) is 20.6 Å². The highest BCUT2D eigenvalue weighted by atomic mass is 16.7. The molecule has 2 amide bonds. The van der Waals surface area contributed by atoms with Crippen molar-refractivity contribution in [3.05, 3.63) is 101 Å². The quantitative estimate of drug-likeness (QED) is 0.237. The van der Waals surface area contributed by atoms with Crippen LogP contribution in [-0.2, 0) is 9.53 Å². The maximum atomic E-state index is 12.9. The van der Waals surface area contributed by atoms with E-state index in [4.69, 9.17) is 9.47 Å². The van der Waals surface area contributed by atoms with E-state index in [0.717, 1.165) is 0 Å². The summed E-state index contributed by atoms with van der Waals surface area (Å²) in [5, 5.41) is 6.60. The molecule has 9 nitrogen and oxygen atoms in total. The van der Waals surface area contributed by atoms with Gasteiger partial charge in [0.25, 0.3) is 11.8 Å². The molecule has 4 rings (SSSR count). The van der Waals surface area contributed by atoms with Gasteiger partial charge in [-0.15, -0.1) is 0 Å². The molecule has 0 atom stereocenters. The third-order valence-corrected chi connectivity index (χ3v) is 4.95. The average molecular weight is 471 g/mol. The van der Waals surface area contributed by atoms with Crippen LogP contribution in [0.25, 0.3) is 6.08 Å².